The minimum absolute atomic E-state index is 0.0230. The molecule has 174 valence electrons. The van der Waals surface area contributed by atoms with E-state index in [-0.39, 0.29) is 17.0 Å². The lowest BCUT2D eigenvalue weighted by molar-refractivity contribution is -0.128. The van der Waals surface area contributed by atoms with E-state index in [4.69, 9.17) is 4.74 Å². The molecule has 6 nitrogen and oxygen atoms in total. The van der Waals surface area contributed by atoms with Crippen molar-refractivity contribution in [2.45, 2.75) is 27.7 Å². The van der Waals surface area contributed by atoms with Crippen LogP contribution in [0, 0.1) is 39.0 Å². The Labute approximate surface area is 202 Å². The first kappa shape index (κ1) is 23.7. The minimum atomic E-state index is -0.371. The monoisotopic (exact) mass is 473 g/mol. The van der Waals surface area contributed by atoms with Crippen molar-refractivity contribution >= 4 is 28.9 Å². The first-order valence-electron chi connectivity index (χ1n) is 11.2. The predicted octanol–water partition coefficient (Wildman–Crippen LogP) is 2.49. The van der Waals surface area contributed by atoms with Crippen LogP contribution >= 0.6 is 11.3 Å². The normalized spacial score (nSPS) is 15.3. The molecule has 0 saturated carbocycles. The number of aryl methyl sites for hydroxylation is 4. The van der Waals surface area contributed by atoms with Gasteiger partial charge in [-0.2, -0.15) is 5.26 Å². The van der Waals surface area contributed by atoms with Gasteiger partial charge in [-0.15, -0.1) is 11.3 Å². The van der Waals surface area contributed by atoms with Gasteiger partial charge in [-0.25, -0.2) is 0 Å². The number of hydrogen-bond acceptors (Lipinski definition) is 5. The number of carbonyl (C=O) groups is 1. The molecule has 1 fully saturated rings. The maximum absolute atomic E-state index is 13.7. The van der Waals surface area contributed by atoms with Gasteiger partial charge in [0.25, 0.3) is 11.5 Å². The number of thiazole rings is 1. The van der Waals surface area contributed by atoms with E-state index in [1.165, 1.54) is 15.9 Å². The molecule has 7 heteroatoms. The van der Waals surface area contributed by atoms with Crippen LogP contribution in [0.2, 0.25) is 0 Å². The minimum Gasteiger partial charge on any atom is -0.378 e. The first-order valence-corrected chi connectivity index (χ1v) is 12.0. The molecule has 3 aromatic rings. The molecule has 34 heavy (non-hydrogen) atoms. The summed E-state index contributed by atoms with van der Waals surface area (Å²) in [5.74, 6) is -0.371. The molecule has 1 saturated heterocycles. The third-order valence-electron chi connectivity index (χ3n) is 5.98. The van der Waals surface area contributed by atoms with Gasteiger partial charge < -0.3 is 9.64 Å². The van der Waals surface area contributed by atoms with Crippen LogP contribution in [0.1, 0.15) is 27.8 Å². The van der Waals surface area contributed by atoms with Crippen molar-refractivity contribution in [2.24, 2.45) is 0 Å². The Hall–Kier alpha value is -3.47. The molecule has 0 radical (unpaired) electrons. The molecule has 2 aromatic carbocycles. The van der Waals surface area contributed by atoms with E-state index in [0.29, 0.717) is 41.2 Å². The van der Waals surface area contributed by atoms with Gasteiger partial charge in [-0.1, -0.05) is 35.9 Å². The molecular formula is C27H27N3O3S. The van der Waals surface area contributed by atoms with E-state index in [9.17, 15) is 14.9 Å². The summed E-state index contributed by atoms with van der Waals surface area (Å²) in [6.45, 7) is 9.62. The molecule has 0 bridgehead atoms. The van der Waals surface area contributed by atoms with Crippen LogP contribution in [-0.4, -0.2) is 41.7 Å². The van der Waals surface area contributed by atoms with Crippen LogP contribution in [0.5, 0.6) is 0 Å². The Balaban J connectivity index is 2.05. The molecule has 0 N–H and O–H groups in total. The number of aromatic nitrogens is 1. The summed E-state index contributed by atoms with van der Waals surface area (Å²) >= 11 is 1.18. The second-order valence-corrected chi connectivity index (χ2v) is 9.63. The third kappa shape index (κ3) is 4.60. The van der Waals surface area contributed by atoms with Gasteiger partial charge >= 0.3 is 0 Å². The van der Waals surface area contributed by atoms with Crippen molar-refractivity contribution in [1.82, 2.24) is 9.47 Å². The molecule has 1 aliphatic heterocycles. The largest absolute Gasteiger partial charge is 0.378 e. The average molecular weight is 474 g/mol. The number of morpholine rings is 1. The van der Waals surface area contributed by atoms with Gasteiger partial charge in [-0.3, -0.25) is 14.2 Å². The maximum Gasteiger partial charge on any atom is 0.273 e. The summed E-state index contributed by atoms with van der Waals surface area (Å²) in [7, 11) is 0. The zero-order valence-electron chi connectivity index (χ0n) is 19.8. The van der Waals surface area contributed by atoms with E-state index in [1.54, 1.807) is 4.90 Å². The fraction of sp³-hybridized carbons (Fsp3) is 0.296. The highest BCUT2D eigenvalue weighted by atomic mass is 32.1. The zero-order valence-corrected chi connectivity index (χ0v) is 20.7. The van der Waals surface area contributed by atoms with Crippen LogP contribution in [-0.2, 0) is 9.53 Å². The van der Waals surface area contributed by atoms with Crippen molar-refractivity contribution < 1.29 is 9.53 Å². The van der Waals surface area contributed by atoms with Crippen molar-refractivity contribution in [3.8, 4) is 11.8 Å². The second kappa shape index (κ2) is 9.80. The van der Waals surface area contributed by atoms with Gasteiger partial charge in [0, 0.05) is 13.1 Å². The Kier molecular flexibility index (Phi) is 6.82. The number of nitrogens with zero attached hydrogens (tertiary/aromatic N) is 3. The molecule has 2 heterocycles. The molecule has 1 amide bonds. The quantitative estimate of drug-likeness (QED) is 0.586. The van der Waals surface area contributed by atoms with Crippen LogP contribution < -0.4 is 14.8 Å². The van der Waals surface area contributed by atoms with Gasteiger partial charge in [0.05, 0.1) is 23.4 Å². The highest BCUT2D eigenvalue weighted by Crippen LogP contribution is 2.15. The summed E-state index contributed by atoms with van der Waals surface area (Å²) in [6.07, 6.45) is 1.85. The molecule has 0 aliphatic carbocycles. The molecule has 0 atom stereocenters. The number of rotatable bonds is 3. The summed E-state index contributed by atoms with van der Waals surface area (Å²) in [6, 6.07) is 14.0. The Morgan fingerprint density at radius 1 is 1.03 bits per heavy atom. The number of amides is 1. The van der Waals surface area contributed by atoms with E-state index in [2.05, 4.69) is 12.1 Å². The highest BCUT2D eigenvalue weighted by molar-refractivity contribution is 7.07. The summed E-state index contributed by atoms with van der Waals surface area (Å²) < 4.78 is 7.72. The van der Waals surface area contributed by atoms with Crippen molar-refractivity contribution in [1.29, 1.82) is 5.26 Å². The van der Waals surface area contributed by atoms with Crippen LogP contribution in [0.15, 0.2) is 41.2 Å². The molecular weight excluding hydrogens is 446 g/mol. The zero-order chi connectivity index (χ0) is 24.4. The van der Waals surface area contributed by atoms with E-state index in [0.717, 1.165) is 27.8 Å². The summed E-state index contributed by atoms with van der Waals surface area (Å²) in [4.78, 5) is 28.7. The molecule has 1 aromatic heterocycles. The molecule has 0 unspecified atom stereocenters. The number of benzene rings is 2. The van der Waals surface area contributed by atoms with Crippen molar-refractivity contribution in [3.05, 3.63) is 83.8 Å². The summed E-state index contributed by atoms with van der Waals surface area (Å²) in [5, 5.41) is 10.1. The Morgan fingerprint density at radius 3 is 2.38 bits per heavy atom. The second-order valence-electron chi connectivity index (χ2n) is 8.60. The van der Waals surface area contributed by atoms with Gasteiger partial charge in [0.1, 0.15) is 10.7 Å². The standard InChI is InChI=1S/C27H27N3O3S/c1-17-6-8-21(20(4)13-17)15-24-26(32)30(23-14-18(2)5-7-19(23)3)27(34-24)22(16-28)25(31)29-9-11-33-12-10-29/h5-8,13-15H,9-12H2,1-4H3/b24-15-,27-22-. The molecule has 0 spiro atoms. The lowest BCUT2D eigenvalue weighted by Crippen LogP contribution is -2.42. The predicted molar refractivity (Wildman–Crippen MR) is 135 cm³/mol. The SMILES string of the molecule is Cc1ccc(/C=c2\s/c(=C(/C#N)C(=O)N3CCOCC3)n(-c3cc(C)ccc3C)c2=O)c(C)c1. The van der Waals surface area contributed by atoms with Crippen molar-refractivity contribution in [3.63, 3.8) is 0 Å². The number of hydrogen-bond donors (Lipinski definition) is 0. The number of nitriles is 1. The first-order chi connectivity index (χ1) is 16.3. The van der Waals surface area contributed by atoms with Gasteiger partial charge in [0.2, 0.25) is 0 Å². The lowest BCUT2D eigenvalue weighted by atomic mass is 10.1. The van der Waals surface area contributed by atoms with Crippen LogP contribution in [0.25, 0.3) is 17.3 Å². The van der Waals surface area contributed by atoms with Gasteiger partial charge in [-0.05, 0) is 62.1 Å². The summed E-state index contributed by atoms with van der Waals surface area (Å²) in [5.41, 5.74) is 5.43. The smallest absolute Gasteiger partial charge is 0.273 e. The lowest BCUT2D eigenvalue weighted by Gasteiger charge is -2.26. The van der Waals surface area contributed by atoms with E-state index < -0.39 is 0 Å². The van der Waals surface area contributed by atoms with E-state index in [1.807, 2.05) is 64.1 Å². The number of carbonyl (C=O) groups excluding carboxylic acids is 1. The van der Waals surface area contributed by atoms with Crippen LogP contribution in [0.4, 0.5) is 0 Å². The number of ether oxygens (including phenoxy) is 1. The Bertz CT molecular complexity index is 1480. The Morgan fingerprint density at radius 2 is 1.71 bits per heavy atom. The highest BCUT2D eigenvalue weighted by Gasteiger charge is 2.24. The maximum atomic E-state index is 13.7. The molecule has 1 aliphatic rings. The average Bonchev–Trinajstić information content (AvgIpc) is 3.13. The van der Waals surface area contributed by atoms with E-state index >= 15 is 0 Å². The van der Waals surface area contributed by atoms with Crippen molar-refractivity contribution in [2.75, 3.05) is 26.3 Å². The topological polar surface area (TPSA) is 75.3 Å². The fourth-order valence-electron chi connectivity index (χ4n) is 4.07. The molecule has 4 rings (SSSR count). The van der Waals surface area contributed by atoms with Gasteiger partial charge in [0.15, 0.2) is 5.57 Å². The fourth-order valence-corrected chi connectivity index (χ4v) is 5.15. The third-order valence-corrected chi connectivity index (χ3v) is 7.07. The van der Waals surface area contributed by atoms with Crippen LogP contribution in [0.3, 0.4) is 0 Å².